The minimum atomic E-state index is -1.13. The van der Waals surface area contributed by atoms with E-state index in [9.17, 15) is 14.4 Å². The summed E-state index contributed by atoms with van der Waals surface area (Å²) in [4.78, 5) is 35.0. The Morgan fingerprint density at radius 1 is 1.05 bits per heavy atom. The highest BCUT2D eigenvalue weighted by Crippen LogP contribution is 1.97. The normalized spacial score (nSPS) is 10.5. The van der Waals surface area contributed by atoms with Gasteiger partial charge < -0.3 is 26.0 Å². The maximum absolute atomic E-state index is 11.4. The van der Waals surface area contributed by atoms with E-state index in [1.807, 2.05) is 0 Å². The van der Waals surface area contributed by atoms with E-state index in [-0.39, 0.29) is 6.54 Å². The van der Waals surface area contributed by atoms with Gasteiger partial charge >= 0.3 is 12.0 Å². The highest BCUT2D eigenvalue weighted by molar-refractivity contribution is 5.86. The number of nitrogens with one attached hydrogen (secondary N) is 3. The Morgan fingerprint density at radius 3 is 2.29 bits per heavy atom. The van der Waals surface area contributed by atoms with Gasteiger partial charge in [-0.25, -0.2) is 4.79 Å². The summed E-state index contributed by atoms with van der Waals surface area (Å²) in [5, 5.41) is 15.5. The number of nitrogens with zero attached hydrogens (tertiary/aromatic N) is 1. The number of amides is 3. The molecule has 8 heteroatoms. The SMILES string of the molecule is CC(C)N(C)CCCCNC(=O)NCC(=O)NCC(=O)O. The molecular weight excluding hydrogens is 276 g/mol. The van der Waals surface area contributed by atoms with Gasteiger partial charge in [0.05, 0.1) is 6.54 Å². The van der Waals surface area contributed by atoms with Crippen LogP contribution < -0.4 is 16.0 Å². The van der Waals surface area contributed by atoms with Crippen molar-refractivity contribution in [1.82, 2.24) is 20.9 Å². The van der Waals surface area contributed by atoms with Gasteiger partial charge in [0, 0.05) is 12.6 Å². The number of carboxylic acid groups (broad SMARTS) is 1. The van der Waals surface area contributed by atoms with E-state index in [0.717, 1.165) is 19.4 Å². The predicted octanol–water partition coefficient (Wildman–Crippen LogP) is -0.393. The average Bonchev–Trinajstić information content (AvgIpc) is 2.41. The molecular formula is C13H26N4O4. The van der Waals surface area contributed by atoms with E-state index >= 15 is 0 Å². The molecule has 0 unspecified atom stereocenters. The summed E-state index contributed by atoms with van der Waals surface area (Å²) < 4.78 is 0. The zero-order valence-electron chi connectivity index (χ0n) is 12.9. The molecule has 0 fully saturated rings. The Morgan fingerprint density at radius 2 is 1.71 bits per heavy atom. The van der Waals surface area contributed by atoms with Crippen LogP contribution in [0.4, 0.5) is 4.79 Å². The van der Waals surface area contributed by atoms with E-state index in [0.29, 0.717) is 12.6 Å². The van der Waals surface area contributed by atoms with Gasteiger partial charge in [-0.05, 0) is 40.3 Å². The Hall–Kier alpha value is -1.83. The number of aliphatic carboxylic acids is 1. The second-order valence-electron chi connectivity index (χ2n) is 5.06. The highest BCUT2D eigenvalue weighted by atomic mass is 16.4. The Bertz CT molecular complexity index is 347. The summed E-state index contributed by atoms with van der Waals surface area (Å²) in [5.74, 6) is -1.66. The van der Waals surface area contributed by atoms with E-state index < -0.39 is 24.5 Å². The Kier molecular flexibility index (Phi) is 9.95. The number of rotatable bonds is 10. The average molecular weight is 302 g/mol. The quantitative estimate of drug-likeness (QED) is 0.411. The van der Waals surface area contributed by atoms with Crippen LogP contribution in [0.25, 0.3) is 0 Å². The third-order valence-electron chi connectivity index (χ3n) is 2.95. The molecule has 122 valence electrons. The third-order valence-corrected chi connectivity index (χ3v) is 2.95. The molecule has 0 aliphatic heterocycles. The minimum Gasteiger partial charge on any atom is -0.480 e. The second-order valence-corrected chi connectivity index (χ2v) is 5.06. The van der Waals surface area contributed by atoms with Crippen LogP contribution in [-0.4, -0.2) is 67.2 Å². The van der Waals surface area contributed by atoms with Crippen molar-refractivity contribution in [3.8, 4) is 0 Å². The standard InChI is InChI=1S/C13H26N4O4/c1-10(2)17(3)7-5-4-6-14-13(21)16-8-11(18)15-9-12(19)20/h10H,4-9H2,1-3H3,(H,15,18)(H,19,20)(H2,14,16,21). The zero-order valence-corrected chi connectivity index (χ0v) is 12.9. The molecule has 0 aromatic heterocycles. The molecule has 0 saturated heterocycles. The van der Waals surface area contributed by atoms with Crippen molar-refractivity contribution in [1.29, 1.82) is 0 Å². The Labute approximate surface area is 125 Å². The minimum absolute atomic E-state index is 0.241. The van der Waals surface area contributed by atoms with Gasteiger partial charge in [0.25, 0.3) is 0 Å². The molecule has 0 aromatic rings. The molecule has 0 atom stereocenters. The largest absolute Gasteiger partial charge is 0.480 e. The summed E-state index contributed by atoms with van der Waals surface area (Å²) in [7, 11) is 2.06. The first-order valence-electron chi connectivity index (χ1n) is 7.03. The number of urea groups is 1. The summed E-state index contributed by atoms with van der Waals surface area (Å²) in [5.41, 5.74) is 0. The Balaban J connectivity index is 3.54. The molecule has 4 N–H and O–H groups in total. The molecule has 0 radical (unpaired) electrons. The van der Waals surface area contributed by atoms with Gasteiger partial charge in [0.15, 0.2) is 0 Å². The number of unbranched alkanes of at least 4 members (excludes halogenated alkanes) is 1. The first-order chi connectivity index (χ1) is 9.82. The third kappa shape index (κ3) is 11.7. The van der Waals surface area contributed by atoms with E-state index in [1.54, 1.807) is 0 Å². The zero-order chi connectivity index (χ0) is 16.3. The fraction of sp³-hybridized carbons (Fsp3) is 0.769. The van der Waals surface area contributed by atoms with Crippen molar-refractivity contribution >= 4 is 17.9 Å². The summed E-state index contributed by atoms with van der Waals surface area (Å²) in [6.45, 7) is 5.07. The van der Waals surface area contributed by atoms with Crippen LogP contribution in [0.1, 0.15) is 26.7 Å². The second kappa shape index (κ2) is 10.9. The van der Waals surface area contributed by atoms with Crippen LogP contribution >= 0.6 is 0 Å². The van der Waals surface area contributed by atoms with Crippen molar-refractivity contribution in [3.63, 3.8) is 0 Å². The van der Waals surface area contributed by atoms with Gasteiger partial charge in [-0.3, -0.25) is 9.59 Å². The summed E-state index contributed by atoms with van der Waals surface area (Å²) in [6, 6.07) is 0.0725. The van der Waals surface area contributed by atoms with Gasteiger partial charge in [0.1, 0.15) is 6.54 Å². The van der Waals surface area contributed by atoms with Crippen LogP contribution in [0.5, 0.6) is 0 Å². The van der Waals surface area contributed by atoms with Crippen molar-refractivity contribution < 1.29 is 19.5 Å². The number of carbonyl (C=O) groups is 3. The van der Waals surface area contributed by atoms with Gasteiger partial charge in [-0.2, -0.15) is 0 Å². The molecule has 3 amide bonds. The lowest BCUT2D eigenvalue weighted by molar-refractivity contribution is -0.137. The van der Waals surface area contributed by atoms with E-state index in [1.165, 1.54) is 0 Å². The molecule has 0 aliphatic carbocycles. The molecule has 0 bridgehead atoms. The maximum atomic E-state index is 11.4. The van der Waals surface area contributed by atoms with E-state index in [2.05, 4.69) is 41.7 Å². The molecule has 0 rings (SSSR count). The lowest BCUT2D eigenvalue weighted by atomic mass is 10.2. The first kappa shape index (κ1) is 19.2. The van der Waals surface area contributed by atoms with Gasteiger partial charge in [-0.15, -0.1) is 0 Å². The molecule has 0 heterocycles. The fourth-order valence-corrected chi connectivity index (χ4v) is 1.41. The fourth-order valence-electron chi connectivity index (χ4n) is 1.41. The maximum Gasteiger partial charge on any atom is 0.322 e. The van der Waals surface area contributed by atoms with E-state index in [4.69, 9.17) is 5.11 Å². The van der Waals surface area contributed by atoms with Crippen molar-refractivity contribution in [2.24, 2.45) is 0 Å². The molecule has 0 spiro atoms. The van der Waals surface area contributed by atoms with Gasteiger partial charge in [-0.1, -0.05) is 0 Å². The molecule has 0 aromatic carbocycles. The monoisotopic (exact) mass is 302 g/mol. The van der Waals surface area contributed by atoms with Crippen LogP contribution in [0.2, 0.25) is 0 Å². The van der Waals surface area contributed by atoms with Crippen LogP contribution in [0.15, 0.2) is 0 Å². The lowest BCUT2D eigenvalue weighted by Gasteiger charge is -2.20. The van der Waals surface area contributed by atoms with Gasteiger partial charge in [0.2, 0.25) is 5.91 Å². The lowest BCUT2D eigenvalue weighted by Crippen LogP contribution is -2.43. The van der Waals surface area contributed by atoms with Crippen LogP contribution in [0.3, 0.4) is 0 Å². The predicted molar refractivity (Wildman–Crippen MR) is 79.0 cm³/mol. The summed E-state index contributed by atoms with van der Waals surface area (Å²) >= 11 is 0. The van der Waals surface area contributed by atoms with Crippen LogP contribution in [0, 0.1) is 0 Å². The molecule has 8 nitrogen and oxygen atoms in total. The van der Waals surface area contributed by atoms with Crippen molar-refractivity contribution in [2.45, 2.75) is 32.7 Å². The molecule has 0 aliphatic rings. The summed E-state index contributed by atoms with van der Waals surface area (Å²) in [6.07, 6.45) is 1.84. The molecule has 21 heavy (non-hydrogen) atoms. The highest BCUT2D eigenvalue weighted by Gasteiger charge is 2.06. The number of hydrogen-bond donors (Lipinski definition) is 4. The smallest absolute Gasteiger partial charge is 0.322 e. The number of carbonyl (C=O) groups excluding carboxylic acids is 2. The first-order valence-corrected chi connectivity index (χ1v) is 7.03. The van der Waals surface area contributed by atoms with Crippen LogP contribution in [-0.2, 0) is 9.59 Å². The number of hydrogen-bond acceptors (Lipinski definition) is 4. The van der Waals surface area contributed by atoms with Crippen molar-refractivity contribution in [2.75, 3.05) is 33.2 Å². The topological polar surface area (TPSA) is 111 Å². The van der Waals surface area contributed by atoms with Crippen molar-refractivity contribution in [3.05, 3.63) is 0 Å². The molecule has 0 saturated carbocycles. The number of carboxylic acids is 1.